The molecular formula is C12H19BrN4O2S. The van der Waals surface area contributed by atoms with E-state index in [9.17, 15) is 8.42 Å². The molecular weight excluding hydrogens is 344 g/mol. The van der Waals surface area contributed by atoms with Crippen LogP contribution in [0.1, 0.15) is 26.2 Å². The molecule has 2 heterocycles. The Morgan fingerprint density at radius 3 is 2.90 bits per heavy atom. The topological polar surface area (TPSA) is 88.3 Å². The van der Waals surface area contributed by atoms with Crippen LogP contribution in [0.3, 0.4) is 0 Å². The zero-order valence-electron chi connectivity index (χ0n) is 11.3. The first kappa shape index (κ1) is 15.7. The number of sulfonamides is 1. The van der Waals surface area contributed by atoms with Crippen molar-refractivity contribution in [2.24, 2.45) is 11.8 Å². The fraction of sp³-hybridized carbons (Fsp3) is 0.583. The van der Waals surface area contributed by atoms with Crippen molar-refractivity contribution in [2.75, 3.05) is 18.5 Å². The van der Waals surface area contributed by atoms with E-state index in [4.69, 9.17) is 5.84 Å². The van der Waals surface area contributed by atoms with Crippen molar-refractivity contribution >= 4 is 31.8 Å². The summed E-state index contributed by atoms with van der Waals surface area (Å²) in [4.78, 5) is 4.12. The number of rotatable bonds is 3. The molecule has 0 spiro atoms. The second kappa shape index (κ2) is 6.38. The maximum Gasteiger partial charge on any atom is 0.246 e. The monoisotopic (exact) mass is 362 g/mol. The highest BCUT2D eigenvalue weighted by Crippen LogP contribution is 2.28. The average Bonchev–Trinajstić information content (AvgIpc) is 2.64. The molecule has 1 aromatic rings. The quantitative estimate of drug-likeness (QED) is 0.633. The molecule has 1 aliphatic rings. The largest absolute Gasteiger partial charge is 0.307 e. The number of nitrogens with one attached hydrogen (secondary N) is 1. The molecule has 1 saturated heterocycles. The molecule has 1 fully saturated rings. The summed E-state index contributed by atoms with van der Waals surface area (Å²) in [6.45, 7) is 3.24. The number of hydrogen-bond acceptors (Lipinski definition) is 5. The van der Waals surface area contributed by atoms with E-state index in [0.29, 0.717) is 23.5 Å². The first-order chi connectivity index (χ1) is 9.45. The highest BCUT2D eigenvalue weighted by atomic mass is 79.9. The molecule has 6 nitrogen and oxygen atoms in total. The number of nitrogen functional groups attached to an aromatic ring is 1. The van der Waals surface area contributed by atoms with Gasteiger partial charge in [0.1, 0.15) is 4.90 Å². The summed E-state index contributed by atoms with van der Waals surface area (Å²) in [6.07, 6.45) is 4.34. The number of pyridine rings is 1. The smallest absolute Gasteiger partial charge is 0.246 e. The Kier molecular flexibility index (Phi) is 5.00. The van der Waals surface area contributed by atoms with Gasteiger partial charge < -0.3 is 5.43 Å². The molecule has 1 aromatic heterocycles. The first-order valence-corrected chi connectivity index (χ1v) is 8.80. The molecule has 0 radical (unpaired) electrons. The molecule has 8 heteroatoms. The lowest BCUT2D eigenvalue weighted by Crippen LogP contribution is -2.33. The average molecular weight is 363 g/mol. The number of halogens is 1. The number of hydrogen-bond donors (Lipinski definition) is 2. The minimum Gasteiger partial charge on any atom is -0.307 e. The Morgan fingerprint density at radius 1 is 1.45 bits per heavy atom. The summed E-state index contributed by atoms with van der Waals surface area (Å²) in [5.41, 5.74) is 2.35. The zero-order valence-corrected chi connectivity index (χ0v) is 13.7. The van der Waals surface area contributed by atoms with E-state index in [1.807, 2.05) is 0 Å². The van der Waals surface area contributed by atoms with Crippen LogP contribution < -0.4 is 11.3 Å². The number of anilines is 1. The fourth-order valence-electron chi connectivity index (χ4n) is 2.34. The van der Waals surface area contributed by atoms with Crippen LogP contribution in [0.25, 0.3) is 0 Å². The van der Waals surface area contributed by atoms with Crippen molar-refractivity contribution in [1.29, 1.82) is 0 Å². The van der Waals surface area contributed by atoms with Gasteiger partial charge in [-0.05, 0) is 47.2 Å². The molecule has 2 rings (SSSR count). The van der Waals surface area contributed by atoms with Gasteiger partial charge in [-0.15, -0.1) is 0 Å². The summed E-state index contributed by atoms with van der Waals surface area (Å²) in [5, 5.41) is 0. The van der Waals surface area contributed by atoms with Gasteiger partial charge in [0, 0.05) is 23.8 Å². The molecule has 0 aliphatic carbocycles. The van der Waals surface area contributed by atoms with E-state index in [0.717, 1.165) is 19.3 Å². The van der Waals surface area contributed by atoms with E-state index in [2.05, 4.69) is 33.3 Å². The molecule has 0 bridgehead atoms. The maximum atomic E-state index is 12.7. The van der Waals surface area contributed by atoms with E-state index >= 15 is 0 Å². The minimum atomic E-state index is -3.58. The lowest BCUT2D eigenvalue weighted by atomic mass is 10.0. The molecule has 3 N–H and O–H groups in total. The predicted octanol–water partition coefficient (Wildman–Crippen LogP) is 1.94. The summed E-state index contributed by atoms with van der Waals surface area (Å²) in [6, 6.07) is 1.53. The van der Waals surface area contributed by atoms with Crippen LogP contribution in [0.5, 0.6) is 0 Å². The molecule has 112 valence electrons. The lowest BCUT2D eigenvalue weighted by Gasteiger charge is -2.21. The van der Waals surface area contributed by atoms with Gasteiger partial charge in [-0.25, -0.2) is 19.2 Å². The van der Waals surface area contributed by atoms with Crippen LogP contribution in [-0.2, 0) is 10.0 Å². The van der Waals surface area contributed by atoms with Crippen LogP contribution in [0.15, 0.2) is 21.6 Å². The Bertz CT molecular complexity index is 579. The van der Waals surface area contributed by atoms with Gasteiger partial charge in [-0.3, -0.25) is 0 Å². The minimum absolute atomic E-state index is 0.115. The molecule has 0 amide bonds. The van der Waals surface area contributed by atoms with E-state index < -0.39 is 10.0 Å². The summed E-state index contributed by atoms with van der Waals surface area (Å²) >= 11 is 3.25. The van der Waals surface area contributed by atoms with Gasteiger partial charge >= 0.3 is 0 Å². The summed E-state index contributed by atoms with van der Waals surface area (Å²) < 4.78 is 27.6. The summed E-state index contributed by atoms with van der Waals surface area (Å²) in [5.74, 6) is 6.10. The molecule has 1 atom stereocenters. The van der Waals surface area contributed by atoms with Crippen molar-refractivity contribution in [3.8, 4) is 0 Å². The highest BCUT2D eigenvalue weighted by Gasteiger charge is 2.29. The second-order valence-electron chi connectivity index (χ2n) is 5.08. The van der Waals surface area contributed by atoms with Crippen molar-refractivity contribution in [3.05, 3.63) is 16.7 Å². The van der Waals surface area contributed by atoms with Gasteiger partial charge in [0.05, 0.1) is 0 Å². The van der Waals surface area contributed by atoms with Gasteiger partial charge in [0.25, 0.3) is 0 Å². The Hall–Kier alpha value is -0.700. The van der Waals surface area contributed by atoms with Crippen LogP contribution >= 0.6 is 15.9 Å². The van der Waals surface area contributed by atoms with E-state index in [-0.39, 0.29) is 10.7 Å². The molecule has 0 saturated carbocycles. The lowest BCUT2D eigenvalue weighted by molar-refractivity contribution is 0.417. The number of nitrogens with zero attached hydrogens (tertiary/aromatic N) is 2. The van der Waals surface area contributed by atoms with Gasteiger partial charge in [-0.1, -0.05) is 6.92 Å². The SMILES string of the molecule is CC1CCCN(S(=O)(=O)c2cc(Br)cnc2NN)CC1. The fourth-order valence-corrected chi connectivity index (χ4v) is 4.45. The van der Waals surface area contributed by atoms with Gasteiger partial charge in [0.2, 0.25) is 10.0 Å². The van der Waals surface area contributed by atoms with Crippen molar-refractivity contribution in [1.82, 2.24) is 9.29 Å². The van der Waals surface area contributed by atoms with Gasteiger partial charge in [-0.2, -0.15) is 4.31 Å². The van der Waals surface area contributed by atoms with Crippen molar-refractivity contribution < 1.29 is 8.42 Å². The van der Waals surface area contributed by atoms with Crippen molar-refractivity contribution in [3.63, 3.8) is 0 Å². The third kappa shape index (κ3) is 3.30. The van der Waals surface area contributed by atoms with Crippen LogP contribution in [-0.4, -0.2) is 30.8 Å². The molecule has 1 aliphatic heterocycles. The Morgan fingerprint density at radius 2 is 2.20 bits per heavy atom. The van der Waals surface area contributed by atoms with Crippen LogP contribution in [0.2, 0.25) is 0 Å². The van der Waals surface area contributed by atoms with Crippen molar-refractivity contribution in [2.45, 2.75) is 31.1 Å². The number of hydrazine groups is 1. The molecule has 0 aromatic carbocycles. The Labute approximate surface area is 127 Å². The molecule has 20 heavy (non-hydrogen) atoms. The molecule has 1 unspecified atom stereocenters. The third-order valence-corrected chi connectivity index (χ3v) is 5.90. The summed E-state index contributed by atoms with van der Waals surface area (Å²) in [7, 11) is -3.58. The van der Waals surface area contributed by atoms with E-state index in [1.165, 1.54) is 16.6 Å². The van der Waals surface area contributed by atoms with Crippen LogP contribution in [0.4, 0.5) is 5.82 Å². The predicted molar refractivity (Wildman–Crippen MR) is 81.5 cm³/mol. The third-order valence-electron chi connectivity index (χ3n) is 3.55. The second-order valence-corrected chi connectivity index (χ2v) is 7.91. The first-order valence-electron chi connectivity index (χ1n) is 6.57. The number of aromatic nitrogens is 1. The standard InChI is InChI=1S/C12H19BrN4O2S/c1-9-3-2-5-17(6-4-9)20(18,19)11-7-10(13)8-15-12(11)16-14/h7-9H,2-6,14H2,1H3,(H,15,16). The highest BCUT2D eigenvalue weighted by molar-refractivity contribution is 9.10. The normalized spacial score (nSPS) is 21.4. The number of nitrogens with two attached hydrogens (primary N) is 1. The van der Waals surface area contributed by atoms with E-state index in [1.54, 1.807) is 0 Å². The Balaban J connectivity index is 2.36. The maximum absolute atomic E-state index is 12.7. The zero-order chi connectivity index (χ0) is 14.8. The van der Waals surface area contributed by atoms with Gasteiger partial charge in [0.15, 0.2) is 5.82 Å². The van der Waals surface area contributed by atoms with Crippen LogP contribution in [0, 0.1) is 5.92 Å².